The molecular weight excluding hydrogens is 270 g/mol. The molecule has 0 amide bonds. The van der Waals surface area contributed by atoms with Crippen molar-refractivity contribution in [1.29, 1.82) is 0 Å². The van der Waals surface area contributed by atoms with Crippen LogP contribution in [0.5, 0.6) is 5.75 Å². The summed E-state index contributed by atoms with van der Waals surface area (Å²) in [7, 11) is 0. The van der Waals surface area contributed by atoms with Crippen LogP contribution in [0.2, 0.25) is 0 Å². The fraction of sp³-hybridized carbons (Fsp3) is 0.300. The summed E-state index contributed by atoms with van der Waals surface area (Å²) in [6.45, 7) is 4.12. The van der Waals surface area contributed by atoms with E-state index in [-0.39, 0.29) is 0 Å². The van der Waals surface area contributed by atoms with Crippen molar-refractivity contribution < 1.29 is 4.74 Å². The first-order valence-corrected chi connectivity index (χ1v) is 8.15. The van der Waals surface area contributed by atoms with Gasteiger partial charge in [-0.15, -0.1) is 0 Å². The highest BCUT2D eigenvalue weighted by Gasteiger charge is 2.19. The van der Waals surface area contributed by atoms with Crippen LogP contribution in [0.25, 0.3) is 5.57 Å². The number of para-hydroxylation sites is 1. The maximum absolute atomic E-state index is 6.02. The van der Waals surface area contributed by atoms with Gasteiger partial charge < -0.3 is 4.74 Å². The summed E-state index contributed by atoms with van der Waals surface area (Å²) in [5.74, 6) is 0.992. The van der Waals surface area contributed by atoms with Gasteiger partial charge in [-0.3, -0.25) is 4.90 Å². The first-order chi connectivity index (χ1) is 10.9. The largest absolute Gasteiger partial charge is 0.488 e. The number of rotatable bonds is 2. The molecule has 112 valence electrons. The molecule has 1 saturated heterocycles. The van der Waals surface area contributed by atoms with Crippen molar-refractivity contribution in [3.8, 4) is 5.75 Å². The minimum absolute atomic E-state index is 0.647. The van der Waals surface area contributed by atoms with E-state index in [9.17, 15) is 0 Å². The molecule has 2 heteroatoms. The second kappa shape index (κ2) is 5.98. The first kappa shape index (κ1) is 13.6. The molecule has 0 unspecified atom stereocenters. The van der Waals surface area contributed by atoms with Crippen molar-refractivity contribution in [3.63, 3.8) is 0 Å². The standard InChI is InChI=1S/C20H21NO/c1-2-8-17-16(7-1)15-22-20-10-4-3-9-19(20)18(17)11-14-21-12-5-6-13-21/h1-4,7-11H,5-6,12-15H2. The molecule has 2 aromatic rings. The van der Waals surface area contributed by atoms with Crippen molar-refractivity contribution in [3.05, 3.63) is 71.3 Å². The third-order valence-corrected chi connectivity index (χ3v) is 4.62. The predicted octanol–water partition coefficient (Wildman–Crippen LogP) is 4.11. The van der Waals surface area contributed by atoms with Crippen LogP contribution < -0.4 is 4.74 Å². The van der Waals surface area contributed by atoms with E-state index in [2.05, 4.69) is 53.4 Å². The lowest BCUT2D eigenvalue weighted by atomic mass is 9.94. The molecule has 22 heavy (non-hydrogen) atoms. The number of ether oxygens (including phenoxy) is 1. The Kier molecular flexibility index (Phi) is 3.69. The van der Waals surface area contributed by atoms with Crippen LogP contribution in [0, 0.1) is 0 Å². The van der Waals surface area contributed by atoms with Crippen molar-refractivity contribution in [2.45, 2.75) is 19.4 Å². The SMILES string of the molecule is C(CN1CCCC1)=C1c2ccccc2COc2ccccc21. The van der Waals surface area contributed by atoms with E-state index < -0.39 is 0 Å². The second-order valence-electron chi connectivity index (χ2n) is 6.07. The van der Waals surface area contributed by atoms with Gasteiger partial charge in [0.25, 0.3) is 0 Å². The molecular formula is C20H21NO. The quantitative estimate of drug-likeness (QED) is 0.825. The average Bonchev–Trinajstić information content (AvgIpc) is 3.03. The van der Waals surface area contributed by atoms with E-state index in [1.807, 2.05) is 6.07 Å². The number of hydrogen-bond donors (Lipinski definition) is 0. The molecule has 2 aromatic carbocycles. The zero-order chi connectivity index (χ0) is 14.8. The zero-order valence-electron chi connectivity index (χ0n) is 12.8. The van der Waals surface area contributed by atoms with Crippen molar-refractivity contribution in [2.75, 3.05) is 19.6 Å². The third kappa shape index (κ3) is 2.55. The van der Waals surface area contributed by atoms with Gasteiger partial charge in [0.1, 0.15) is 12.4 Å². The Labute approximate surface area is 132 Å². The van der Waals surface area contributed by atoms with E-state index in [0.29, 0.717) is 6.61 Å². The topological polar surface area (TPSA) is 12.5 Å². The van der Waals surface area contributed by atoms with Crippen LogP contribution in [0.1, 0.15) is 29.5 Å². The molecule has 2 aliphatic rings. The summed E-state index contributed by atoms with van der Waals surface area (Å²) in [5.41, 5.74) is 5.11. The van der Waals surface area contributed by atoms with E-state index in [0.717, 1.165) is 12.3 Å². The maximum Gasteiger partial charge on any atom is 0.127 e. The Morgan fingerprint density at radius 3 is 2.50 bits per heavy atom. The number of likely N-dealkylation sites (tertiary alicyclic amines) is 1. The Morgan fingerprint density at radius 1 is 0.909 bits per heavy atom. The van der Waals surface area contributed by atoms with Crippen LogP contribution >= 0.6 is 0 Å². The van der Waals surface area contributed by atoms with E-state index >= 15 is 0 Å². The van der Waals surface area contributed by atoms with Gasteiger partial charge in [0.15, 0.2) is 0 Å². The van der Waals surface area contributed by atoms with Crippen LogP contribution in [-0.4, -0.2) is 24.5 Å². The summed E-state index contributed by atoms with van der Waals surface area (Å²) in [5, 5.41) is 0. The molecule has 2 heterocycles. The number of nitrogens with zero attached hydrogens (tertiary/aromatic N) is 1. The normalized spacial score (nSPS) is 19.4. The summed E-state index contributed by atoms with van der Waals surface area (Å²) < 4.78 is 6.02. The molecule has 0 spiro atoms. The smallest absolute Gasteiger partial charge is 0.127 e. The summed E-state index contributed by atoms with van der Waals surface area (Å²) in [6, 6.07) is 17.0. The average molecular weight is 291 g/mol. The molecule has 2 aliphatic heterocycles. The summed E-state index contributed by atoms with van der Waals surface area (Å²) in [4.78, 5) is 2.53. The Balaban J connectivity index is 1.78. The van der Waals surface area contributed by atoms with Crippen LogP contribution in [0.4, 0.5) is 0 Å². The zero-order valence-corrected chi connectivity index (χ0v) is 12.8. The van der Waals surface area contributed by atoms with Gasteiger partial charge in [0.05, 0.1) is 0 Å². The van der Waals surface area contributed by atoms with Crippen LogP contribution in [-0.2, 0) is 6.61 Å². The van der Waals surface area contributed by atoms with Gasteiger partial charge in [-0.1, -0.05) is 48.5 Å². The van der Waals surface area contributed by atoms with E-state index in [1.165, 1.54) is 48.2 Å². The molecule has 2 nitrogen and oxygen atoms in total. The molecule has 0 radical (unpaired) electrons. The molecule has 0 saturated carbocycles. The molecule has 0 N–H and O–H groups in total. The Morgan fingerprint density at radius 2 is 1.64 bits per heavy atom. The van der Waals surface area contributed by atoms with Crippen molar-refractivity contribution in [1.82, 2.24) is 4.90 Å². The van der Waals surface area contributed by atoms with Gasteiger partial charge in [-0.25, -0.2) is 0 Å². The van der Waals surface area contributed by atoms with E-state index in [1.54, 1.807) is 0 Å². The van der Waals surface area contributed by atoms with Crippen LogP contribution in [0.3, 0.4) is 0 Å². The fourth-order valence-corrected chi connectivity index (χ4v) is 3.43. The maximum atomic E-state index is 6.02. The van der Waals surface area contributed by atoms with E-state index in [4.69, 9.17) is 4.74 Å². The lowest BCUT2D eigenvalue weighted by Crippen LogP contribution is -2.19. The fourth-order valence-electron chi connectivity index (χ4n) is 3.43. The second-order valence-corrected chi connectivity index (χ2v) is 6.07. The first-order valence-electron chi connectivity index (χ1n) is 8.15. The van der Waals surface area contributed by atoms with Crippen molar-refractivity contribution >= 4 is 5.57 Å². The molecule has 0 aromatic heterocycles. The number of fused-ring (bicyclic) bond motifs is 2. The minimum atomic E-state index is 0.647. The lowest BCUT2D eigenvalue weighted by molar-refractivity contribution is 0.307. The number of benzene rings is 2. The molecule has 0 atom stereocenters. The monoisotopic (exact) mass is 291 g/mol. The lowest BCUT2D eigenvalue weighted by Gasteiger charge is -2.15. The van der Waals surface area contributed by atoms with Gasteiger partial charge in [-0.05, 0) is 48.7 Å². The van der Waals surface area contributed by atoms with Gasteiger partial charge in [-0.2, -0.15) is 0 Å². The highest BCUT2D eigenvalue weighted by Crippen LogP contribution is 2.36. The molecule has 0 aliphatic carbocycles. The third-order valence-electron chi connectivity index (χ3n) is 4.62. The molecule has 4 rings (SSSR count). The molecule has 0 bridgehead atoms. The predicted molar refractivity (Wildman–Crippen MR) is 90.0 cm³/mol. The van der Waals surface area contributed by atoms with Crippen molar-refractivity contribution in [2.24, 2.45) is 0 Å². The summed E-state index contributed by atoms with van der Waals surface area (Å²) in [6.07, 6.45) is 5.05. The van der Waals surface area contributed by atoms with Gasteiger partial charge in [0, 0.05) is 12.1 Å². The van der Waals surface area contributed by atoms with Gasteiger partial charge in [0.2, 0.25) is 0 Å². The Hall–Kier alpha value is -2.06. The Bertz CT molecular complexity index is 649. The number of hydrogen-bond acceptors (Lipinski definition) is 2. The summed E-state index contributed by atoms with van der Waals surface area (Å²) >= 11 is 0. The minimum Gasteiger partial charge on any atom is -0.488 e. The van der Waals surface area contributed by atoms with Gasteiger partial charge >= 0.3 is 0 Å². The molecule has 1 fully saturated rings. The highest BCUT2D eigenvalue weighted by atomic mass is 16.5. The highest BCUT2D eigenvalue weighted by molar-refractivity contribution is 5.85. The van der Waals surface area contributed by atoms with Crippen LogP contribution in [0.15, 0.2) is 54.6 Å².